The quantitative estimate of drug-likeness (QED) is 0.642. The van der Waals surface area contributed by atoms with Gasteiger partial charge >= 0.3 is 5.97 Å². The summed E-state index contributed by atoms with van der Waals surface area (Å²) >= 11 is 0. The Kier molecular flexibility index (Phi) is 5.12. The molecule has 3 aromatic rings. The molecule has 0 saturated carbocycles. The van der Waals surface area contributed by atoms with E-state index in [0.29, 0.717) is 6.61 Å². The minimum absolute atomic E-state index is 0.266. The summed E-state index contributed by atoms with van der Waals surface area (Å²) in [6.07, 6.45) is 0. The average Bonchev–Trinajstić information content (AvgIpc) is 3.14. The Balaban J connectivity index is 1.48. The molecule has 5 heteroatoms. The molecule has 0 aliphatic carbocycles. The van der Waals surface area contributed by atoms with Gasteiger partial charge in [0.05, 0.1) is 6.61 Å². The lowest BCUT2D eigenvalue weighted by Gasteiger charge is -2.36. The summed E-state index contributed by atoms with van der Waals surface area (Å²) in [6, 6.07) is 18.4. The van der Waals surface area contributed by atoms with Crippen molar-refractivity contribution >= 4 is 22.6 Å². The van der Waals surface area contributed by atoms with E-state index in [2.05, 4.69) is 46.2 Å². The second-order valence-corrected chi connectivity index (χ2v) is 6.77. The minimum Gasteiger partial charge on any atom is -0.460 e. The molecule has 0 unspecified atom stereocenters. The van der Waals surface area contributed by atoms with Crippen molar-refractivity contribution in [2.24, 2.45) is 0 Å². The van der Waals surface area contributed by atoms with E-state index >= 15 is 0 Å². The van der Waals surface area contributed by atoms with E-state index in [4.69, 9.17) is 9.15 Å². The number of furan rings is 1. The van der Waals surface area contributed by atoms with Gasteiger partial charge in [-0.05, 0) is 24.6 Å². The van der Waals surface area contributed by atoms with E-state index in [1.165, 1.54) is 5.56 Å². The molecule has 0 amide bonds. The molecule has 27 heavy (non-hydrogen) atoms. The lowest BCUT2D eigenvalue weighted by molar-refractivity contribution is 0.0492. The summed E-state index contributed by atoms with van der Waals surface area (Å²) in [6.45, 7) is 7.03. The SMILES string of the molecule is CCOC(=O)c1cc2c(N3CCN(Cc4ccccc4)CC3)cccc2o1. The largest absolute Gasteiger partial charge is 0.460 e. The summed E-state index contributed by atoms with van der Waals surface area (Å²) in [4.78, 5) is 16.8. The van der Waals surface area contributed by atoms with Crippen LogP contribution < -0.4 is 4.90 Å². The molecule has 0 radical (unpaired) electrons. The van der Waals surface area contributed by atoms with Crippen molar-refractivity contribution in [1.82, 2.24) is 4.90 Å². The third kappa shape index (κ3) is 3.83. The second kappa shape index (κ2) is 7.84. The fraction of sp³-hybridized carbons (Fsp3) is 0.318. The van der Waals surface area contributed by atoms with E-state index in [9.17, 15) is 4.79 Å². The molecule has 2 heterocycles. The minimum atomic E-state index is -0.410. The first-order valence-corrected chi connectivity index (χ1v) is 9.45. The van der Waals surface area contributed by atoms with Gasteiger partial charge in [0.1, 0.15) is 5.58 Å². The van der Waals surface area contributed by atoms with Crippen molar-refractivity contribution in [2.45, 2.75) is 13.5 Å². The van der Waals surface area contributed by atoms with Crippen molar-refractivity contribution in [1.29, 1.82) is 0 Å². The molecule has 0 atom stereocenters. The Hall–Kier alpha value is -2.79. The van der Waals surface area contributed by atoms with Gasteiger partial charge in [-0.1, -0.05) is 36.4 Å². The zero-order valence-corrected chi connectivity index (χ0v) is 15.6. The Morgan fingerprint density at radius 3 is 2.56 bits per heavy atom. The number of hydrogen-bond acceptors (Lipinski definition) is 5. The fourth-order valence-electron chi connectivity index (χ4n) is 3.61. The molecule has 0 spiro atoms. The highest BCUT2D eigenvalue weighted by Crippen LogP contribution is 2.30. The first kappa shape index (κ1) is 17.6. The fourth-order valence-corrected chi connectivity index (χ4v) is 3.61. The van der Waals surface area contributed by atoms with Gasteiger partial charge < -0.3 is 14.1 Å². The maximum Gasteiger partial charge on any atom is 0.374 e. The summed E-state index contributed by atoms with van der Waals surface area (Å²) in [5.74, 6) is -0.144. The number of piperazine rings is 1. The van der Waals surface area contributed by atoms with Crippen LogP contribution in [0.1, 0.15) is 23.0 Å². The van der Waals surface area contributed by atoms with Crippen LogP contribution in [0.3, 0.4) is 0 Å². The zero-order valence-electron chi connectivity index (χ0n) is 15.6. The molecule has 1 aliphatic rings. The third-order valence-electron chi connectivity index (χ3n) is 4.98. The van der Waals surface area contributed by atoms with E-state index in [1.54, 1.807) is 13.0 Å². The number of nitrogens with zero attached hydrogens (tertiary/aromatic N) is 2. The Labute approximate surface area is 159 Å². The van der Waals surface area contributed by atoms with Crippen LogP contribution >= 0.6 is 0 Å². The van der Waals surface area contributed by atoms with Crippen molar-refractivity contribution in [3.8, 4) is 0 Å². The Bertz CT molecular complexity index is 912. The lowest BCUT2D eigenvalue weighted by atomic mass is 10.1. The molecule has 4 rings (SSSR count). The molecule has 0 bridgehead atoms. The lowest BCUT2D eigenvalue weighted by Crippen LogP contribution is -2.46. The van der Waals surface area contributed by atoms with Crippen LogP contribution in [0.25, 0.3) is 11.0 Å². The monoisotopic (exact) mass is 364 g/mol. The molecular formula is C22H24N2O3. The molecule has 5 nitrogen and oxygen atoms in total. The van der Waals surface area contributed by atoms with Gasteiger partial charge in [-0.2, -0.15) is 0 Å². The summed E-state index contributed by atoms with van der Waals surface area (Å²) in [5.41, 5.74) is 3.19. The van der Waals surface area contributed by atoms with Crippen molar-refractivity contribution in [3.05, 3.63) is 65.9 Å². The Morgan fingerprint density at radius 1 is 1.04 bits per heavy atom. The zero-order chi connectivity index (χ0) is 18.6. The van der Waals surface area contributed by atoms with E-state index in [0.717, 1.165) is 49.4 Å². The maximum atomic E-state index is 12.0. The highest BCUT2D eigenvalue weighted by atomic mass is 16.5. The highest BCUT2D eigenvalue weighted by molar-refractivity contribution is 5.98. The molecule has 140 valence electrons. The number of rotatable bonds is 5. The predicted octanol–water partition coefficient (Wildman–Crippen LogP) is 3.93. The molecule has 1 saturated heterocycles. The highest BCUT2D eigenvalue weighted by Gasteiger charge is 2.21. The van der Waals surface area contributed by atoms with Crippen molar-refractivity contribution < 1.29 is 13.9 Å². The smallest absolute Gasteiger partial charge is 0.374 e. The van der Waals surface area contributed by atoms with Gasteiger partial charge in [0, 0.05) is 49.9 Å². The standard InChI is InChI=1S/C22H24N2O3/c1-2-26-22(25)21-15-18-19(9-6-10-20(18)27-21)24-13-11-23(12-14-24)16-17-7-4-3-5-8-17/h3-10,15H,2,11-14,16H2,1H3. The molecule has 1 aromatic heterocycles. The average molecular weight is 364 g/mol. The van der Waals surface area contributed by atoms with E-state index in [1.807, 2.05) is 12.1 Å². The normalized spacial score (nSPS) is 15.2. The van der Waals surface area contributed by atoms with Gasteiger partial charge in [0.2, 0.25) is 5.76 Å². The summed E-state index contributed by atoms with van der Waals surface area (Å²) in [7, 11) is 0. The number of fused-ring (bicyclic) bond motifs is 1. The molecule has 1 fully saturated rings. The number of ether oxygens (including phenoxy) is 1. The number of carbonyl (C=O) groups excluding carboxylic acids is 1. The van der Waals surface area contributed by atoms with Crippen LogP contribution in [0.2, 0.25) is 0 Å². The van der Waals surface area contributed by atoms with Gasteiger partial charge in [-0.3, -0.25) is 4.90 Å². The van der Waals surface area contributed by atoms with Crippen molar-refractivity contribution in [2.75, 3.05) is 37.7 Å². The van der Waals surface area contributed by atoms with Crippen molar-refractivity contribution in [3.63, 3.8) is 0 Å². The summed E-state index contributed by atoms with van der Waals surface area (Å²) in [5, 5.41) is 0.970. The van der Waals surface area contributed by atoms with Crippen LogP contribution in [0, 0.1) is 0 Å². The number of esters is 1. The van der Waals surface area contributed by atoms with Crippen LogP contribution in [0.15, 0.2) is 59.0 Å². The van der Waals surface area contributed by atoms with E-state index < -0.39 is 5.97 Å². The van der Waals surface area contributed by atoms with E-state index in [-0.39, 0.29) is 5.76 Å². The molecule has 1 aliphatic heterocycles. The van der Waals surface area contributed by atoms with Gasteiger partial charge in [-0.15, -0.1) is 0 Å². The predicted molar refractivity (Wildman–Crippen MR) is 106 cm³/mol. The topological polar surface area (TPSA) is 45.9 Å². The molecular weight excluding hydrogens is 340 g/mol. The van der Waals surface area contributed by atoms with Gasteiger partial charge in [0.15, 0.2) is 0 Å². The first-order valence-electron chi connectivity index (χ1n) is 9.45. The van der Waals surface area contributed by atoms with Gasteiger partial charge in [0.25, 0.3) is 0 Å². The number of anilines is 1. The van der Waals surface area contributed by atoms with Crippen LogP contribution in [-0.2, 0) is 11.3 Å². The van der Waals surface area contributed by atoms with Crippen LogP contribution in [0.5, 0.6) is 0 Å². The van der Waals surface area contributed by atoms with Crippen LogP contribution in [0.4, 0.5) is 5.69 Å². The Morgan fingerprint density at radius 2 is 1.81 bits per heavy atom. The third-order valence-corrected chi connectivity index (χ3v) is 4.98. The first-order chi connectivity index (χ1) is 13.2. The molecule has 0 N–H and O–H groups in total. The van der Waals surface area contributed by atoms with Crippen LogP contribution in [-0.4, -0.2) is 43.7 Å². The number of carbonyl (C=O) groups is 1. The number of benzene rings is 2. The maximum absolute atomic E-state index is 12.0. The second-order valence-electron chi connectivity index (χ2n) is 6.77. The number of hydrogen-bond donors (Lipinski definition) is 0. The molecule has 2 aromatic carbocycles. The van der Waals surface area contributed by atoms with Gasteiger partial charge in [-0.25, -0.2) is 4.79 Å². The summed E-state index contributed by atoms with van der Waals surface area (Å²) < 4.78 is 10.8.